The molecule has 8 heteroatoms. The van der Waals surface area contributed by atoms with Crippen molar-refractivity contribution in [2.45, 2.75) is 18.6 Å². The van der Waals surface area contributed by atoms with Gasteiger partial charge in [0, 0.05) is 0 Å². The molecule has 0 radical (unpaired) electrons. The number of anilines is 2. The lowest BCUT2D eigenvalue weighted by Gasteiger charge is -2.29. The van der Waals surface area contributed by atoms with E-state index in [1.54, 1.807) is 24.3 Å². The fraction of sp³-hybridized carbons (Fsp3) is 0.278. The van der Waals surface area contributed by atoms with Crippen molar-refractivity contribution >= 4 is 17.3 Å². The smallest absolute Gasteiger partial charge is 0.416 e. The summed E-state index contributed by atoms with van der Waals surface area (Å²) in [6.07, 6.45) is -4.51. The van der Waals surface area contributed by atoms with Crippen LogP contribution in [0.3, 0.4) is 0 Å². The van der Waals surface area contributed by atoms with E-state index in [4.69, 9.17) is 10.5 Å². The monoisotopic (exact) mass is 367 g/mol. The van der Waals surface area contributed by atoms with Gasteiger partial charge in [-0.1, -0.05) is 24.3 Å². The van der Waals surface area contributed by atoms with Crippen molar-refractivity contribution in [3.8, 4) is 0 Å². The Hall–Kier alpha value is -2.74. The van der Waals surface area contributed by atoms with Crippen LogP contribution in [0.1, 0.15) is 18.1 Å². The summed E-state index contributed by atoms with van der Waals surface area (Å²) >= 11 is 0. The number of esters is 1. The average molecular weight is 367 g/mol. The molecule has 26 heavy (non-hydrogen) atoms. The van der Waals surface area contributed by atoms with E-state index in [2.05, 4.69) is 10.6 Å². The predicted octanol–water partition coefficient (Wildman–Crippen LogP) is 3.34. The number of para-hydroxylation sites is 2. The van der Waals surface area contributed by atoms with Gasteiger partial charge in [-0.15, -0.1) is 0 Å². The van der Waals surface area contributed by atoms with E-state index in [1.807, 2.05) is 0 Å². The largest absolute Gasteiger partial charge is 0.467 e. The fourth-order valence-corrected chi connectivity index (χ4v) is 2.48. The molecule has 0 amide bonds. The van der Waals surface area contributed by atoms with Crippen LogP contribution in [0, 0.1) is 0 Å². The standard InChI is InChI=1S/C18H20F3N3O2/c1-17(16(25)26-2,12-6-5-7-13(10-12)18(19,20)21)24-11-23-15-9-4-3-8-14(15)22/h3-10,23-24H,11,22H2,1-2H3. The molecular formula is C18H20F3N3O2. The Morgan fingerprint density at radius 1 is 1.12 bits per heavy atom. The molecule has 1 atom stereocenters. The molecule has 2 aromatic rings. The topological polar surface area (TPSA) is 76.4 Å². The van der Waals surface area contributed by atoms with E-state index >= 15 is 0 Å². The van der Waals surface area contributed by atoms with E-state index < -0.39 is 23.2 Å². The molecular weight excluding hydrogens is 347 g/mol. The lowest BCUT2D eigenvalue weighted by molar-refractivity contribution is -0.148. The van der Waals surface area contributed by atoms with E-state index in [0.29, 0.717) is 11.4 Å². The molecule has 4 N–H and O–H groups in total. The highest BCUT2D eigenvalue weighted by Gasteiger charge is 2.38. The molecule has 2 aromatic carbocycles. The van der Waals surface area contributed by atoms with Crippen molar-refractivity contribution in [2.75, 3.05) is 24.8 Å². The third kappa shape index (κ3) is 4.26. The van der Waals surface area contributed by atoms with E-state index in [0.717, 1.165) is 12.1 Å². The number of hydrogen-bond acceptors (Lipinski definition) is 5. The third-order valence-electron chi connectivity index (χ3n) is 4.04. The molecule has 0 bridgehead atoms. The quantitative estimate of drug-likeness (QED) is 0.415. The van der Waals surface area contributed by atoms with Gasteiger partial charge < -0.3 is 15.8 Å². The number of methoxy groups -OCH3 is 1. The van der Waals surface area contributed by atoms with Gasteiger partial charge >= 0.3 is 12.1 Å². The van der Waals surface area contributed by atoms with Gasteiger partial charge in [0.1, 0.15) is 5.54 Å². The van der Waals surface area contributed by atoms with E-state index in [9.17, 15) is 18.0 Å². The van der Waals surface area contributed by atoms with E-state index in [1.165, 1.54) is 26.2 Å². The molecule has 0 spiro atoms. The summed E-state index contributed by atoms with van der Waals surface area (Å²) in [5, 5.41) is 5.91. The Bertz CT molecular complexity index is 780. The van der Waals surface area contributed by atoms with Gasteiger partial charge in [-0.3, -0.25) is 5.32 Å². The van der Waals surface area contributed by atoms with Crippen molar-refractivity contribution < 1.29 is 22.7 Å². The van der Waals surface area contributed by atoms with Gasteiger partial charge in [0.25, 0.3) is 0 Å². The van der Waals surface area contributed by atoms with Crippen LogP contribution in [0.15, 0.2) is 48.5 Å². The molecule has 0 fully saturated rings. The summed E-state index contributed by atoms with van der Waals surface area (Å²) in [7, 11) is 1.18. The molecule has 2 rings (SSSR count). The minimum absolute atomic E-state index is 0.0794. The molecule has 0 aliphatic carbocycles. The maximum absolute atomic E-state index is 13.0. The molecule has 0 aliphatic heterocycles. The van der Waals surface area contributed by atoms with Crippen LogP contribution in [-0.2, 0) is 21.2 Å². The van der Waals surface area contributed by atoms with E-state index in [-0.39, 0.29) is 12.2 Å². The zero-order chi connectivity index (χ0) is 19.4. The van der Waals surface area contributed by atoms with Crippen LogP contribution in [0.2, 0.25) is 0 Å². The highest BCUT2D eigenvalue weighted by Crippen LogP contribution is 2.32. The number of hydrogen-bond donors (Lipinski definition) is 3. The van der Waals surface area contributed by atoms with Crippen molar-refractivity contribution in [1.29, 1.82) is 0 Å². The van der Waals surface area contributed by atoms with Crippen LogP contribution in [0.5, 0.6) is 0 Å². The molecule has 0 aromatic heterocycles. The number of halogens is 3. The number of carbonyl (C=O) groups is 1. The maximum atomic E-state index is 13.0. The van der Waals surface area contributed by atoms with Gasteiger partial charge in [-0.05, 0) is 36.8 Å². The summed E-state index contributed by atoms with van der Waals surface area (Å²) < 4.78 is 43.8. The summed E-state index contributed by atoms with van der Waals surface area (Å²) in [4.78, 5) is 12.3. The van der Waals surface area contributed by atoms with Crippen LogP contribution in [0.4, 0.5) is 24.5 Å². The van der Waals surface area contributed by atoms with Crippen molar-refractivity contribution in [1.82, 2.24) is 5.32 Å². The number of rotatable bonds is 6. The molecule has 0 saturated heterocycles. The average Bonchev–Trinajstić information content (AvgIpc) is 2.61. The zero-order valence-electron chi connectivity index (χ0n) is 14.4. The molecule has 0 aliphatic rings. The Morgan fingerprint density at radius 2 is 1.77 bits per heavy atom. The minimum Gasteiger partial charge on any atom is -0.467 e. The van der Waals surface area contributed by atoms with Crippen LogP contribution >= 0.6 is 0 Å². The van der Waals surface area contributed by atoms with Gasteiger partial charge in [0.15, 0.2) is 0 Å². The van der Waals surface area contributed by atoms with Crippen LogP contribution < -0.4 is 16.4 Å². The number of nitrogens with one attached hydrogen (secondary N) is 2. The molecule has 0 saturated carbocycles. The second-order valence-corrected chi connectivity index (χ2v) is 5.81. The first-order valence-electron chi connectivity index (χ1n) is 7.78. The van der Waals surface area contributed by atoms with Gasteiger partial charge in [0.2, 0.25) is 0 Å². The number of nitrogens with two attached hydrogens (primary N) is 1. The summed E-state index contributed by atoms with van der Waals surface area (Å²) in [5.74, 6) is -0.709. The second kappa shape index (κ2) is 7.65. The second-order valence-electron chi connectivity index (χ2n) is 5.81. The summed E-state index contributed by atoms with van der Waals surface area (Å²) in [6, 6.07) is 11.6. The first-order valence-corrected chi connectivity index (χ1v) is 7.78. The third-order valence-corrected chi connectivity index (χ3v) is 4.04. The lowest BCUT2D eigenvalue weighted by atomic mass is 9.90. The number of benzene rings is 2. The Labute approximate surface area is 149 Å². The van der Waals surface area contributed by atoms with Crippen molar-refractivity contribution in [2.24, 2.45) is 0 Å². The Kier molecular flexibility index (Phi) is 5.76. The summed E-state index contributed by atoms with van der Waals surface area (Å²) in [6.45, 7) is 1.54. The summed E-state index contributed by atoms with van der Waals surface area (Å²) in [5.41, 5.74) is 4.79. The maximum Gasteiger partial charge on any atom is 0.416 e. The molecule has 1 unspecified atom stereocenters. The zero-order valence-corrected chi connectivity index (χ0v) is 14.4. The lowest BCUT2D eigenvalue weighted by Crippen LogP contribution is -2.49. The number of carbonyl (C=O) groups excluding carboxylic acids is 1. The number of nitrogen functional groups attached to an aromatic ring is 1. The van der Waals surface area contributed by atoms with Crippen LogP contribution in [0.25, 0.3) is 0 Å². The van der Waals surface area contributed by atoms with Gasteiger partial charge in [0.05, 0.1) is 30.7 Å². The Morgan fingerprint density at radius 3 is 2.38 bits per heavy atom. The van der Waals surface area contributed by atoms with Crippen LogP contribution in [-0.4, -0.2) is 19.7 Å². The highest BCUT2D eigenvalue weighted by atomic mass is 19.4. The molecule has 5 nitrogen and oxygen atoms in total. The highest BCUT2D eigenvalue weighted by molar-refractivity contribution is 5.82. The first kappa shape index (κ1) is 19.6. The first-order chi connectivity index (χ1) is 12.2. The fourth-order valence-electron chi connectivity index (χ4n) is 2.48. The minimum atomic E-state index is -4.51. The predicted molar refractivity (Wildman–Crippen MR) is 93.3 cm³/mol. The molecule has 0 heterocycles. The van der Waals surface area contributed by atoms with Gasteiger partial charge in [-0.2, -0.15) is 13.2 Å². The number of alkyl halides is 3. The SMILES string of the molecule is COC(=O)C(C)(NCNc1ccccc1N)c1cccc(C(F)(F)F)c1. The normalized spacial score (nSPS) is 13.7. The number of ether oxygens (including phenoxy) is 1. The molecule has 140 valence electrons. The van der Waals surface area contributed by atoms with Crippen molar-refractivity contribution in [3.05, 3.63) is 59.7 Å². The Balaban J connectivity index is 2.25. The van der Waals surface area contributed by atoms with Gasteiger partial charge in [-0.25, -0.2) is 4.79 Å². The van der Waals surface area contributed by atoms with Crippen molar-refractivity contribution in [3.63, 3.8) is 0 Å².